The summed E-state index contributed by atoms with van der Waals surface area (Å²) in [7, 11) is 11.9. The normalized spacial score (nSPS) is 13.5. The van der Waals surface area contributed by atoms with Gasteiger partial charge in [-0.15, -0.1) is 0 Å². The van der Waals surface area contributed by atoms with Gasteiger partial charge >= 0.3 is 104 Å². The van der Waals surface area contributed by atoms with Gasteiger partial charge in [-0.25, -0.2) is 0 Å². The van der Waals surface area contributed by atoms with Gasteiger partial charge in [0.2, 0.25) is 0 Å². The van der Waals surface area contributed by atoms with Crippen LogP contribution < -0.4 is 0 Å². The van der Waals surface area contributed by atoms with E-state index in [9.17, 15) is 0 Å². The fraction of sp³-hybridized carbons (Fsp3) is 1.00. The van der Waals surface area contributed by atoms with Crippen molar-refractivity contribution < 1.29 is 0 Å². The van der Waals surface area contributed by atoms with Crippen LogP contribution in [0.5, 0.6) is 0 Å². The fourth-order valence-corrected chi connectivity index (χ4v) is 4.19. The van der Waals surface area contributed by atoms with Gasteiger partial charge in [-0.1, -0.05) is 0 Å². The molecular formula is C11H23Cl2Sn. The molecular weight excluding hydrogens is 322 g/mol. The van der Waals surface area contributed by atoms with Crippen LogP contribution in [0.4, 0.5) is 0 Å². The van der Waals surface area contributed by atoms with Crippen molar-refractivity contribution in [3.8, 4) is 0 Å². The molecule has 0 aromatic rings. The van der Waals surface area contributed by atoms with Crippen molar-refractivity contribution in [2.75, 3.05) is 0 Å². The first kappa shape index (κ1) is 15.4. The Morgan fingerprint density at radius 1 is 0.929 bits per heavy atom. The second-order valence-corrected chi connectivity index (χ2v) is 15.3. The molecule has 0 aliphatic heterocycles. The molecule has 1 atom stereocenters. The van der Waals surface area contributed by atoms with Crippen LogP contribution >= 0.6 is 17.8 Å². The van der Waals surface area contributed by atoms with Crippen molar-refractivity contribution >= 4 is 35.3 Å². The molecule has 0 saturated heterocycles. The molecule has 0 amide bonds. The van der Waals surface area contributed by atoms with Gasteiger partial charge in [0.25, 0.3) is 0 Å². The van der Waals surface area contributed by atoms with Crippen LogP contribution in [0.25, 0.3) is 0 Å². The zero-order valence-electron chi connectivity index (χ0n) is 9.49. The second-order valence-electron chi connectivity index (χ2n) is 4.10. The summed E-state index contributed by atoms with van der Waals surface area (Å²) in [6.07, 6.45) is 10.9. The monoisotopic (exact) mass is 345 g/mol. The number of halogens is 2. The Labute approximate surface area is 104 Å². The molecule has 0 N–H and O–H groups in total. The summed E-state index contributed by atoms with van der Waals surface area (Å²) in [6.45, 7) is 4.47. The van der Waals surface area contributed by atoms with Crippen LogP contribution in [0.15, 0.2) is 0 Å². The number of hydrogen-bond acceptors (Lipinski definition) is 0. The first-order valence-corrected chi connectivity index (χ1v) is 14.7. The van der Waals surface area contributed by atoms with Crippen molar-refractivity contribution in [2.24, 2.45) is 0 Å². The average Bonchev–Trinajstić information content (AvgIpc) is 2.16. The predicted molar refractivity (Wildman–Crippen MR) is 69.5 cm³/mol. The van der Waals surface area contributed by atoms with Crippen LogP contribution in [0, 0.1) is 0 Å². The maximum absolute atomic E-state index is 5.97. The van der Waals surface area contributed by atoms with Crippen LogP contribution in [0.2, 0.25) is 3.93 Å². The molecule has 0 aliphatic rings. The van der Waals surface area contributed by atoms with Gasteiger partial charge in [0.15, 0.2) is 0 Å². The van der Waals surface area contributed by atoms with Crippen molar-refractivity contribution in [3.63, 3.8) is 0 Å². The third-order valence-electron chi connectivity index (χ3n) is 2.61. The van der Waals surface area contributed by atoms with E-state index in [0.29, 0.717) is 3.93 Å². The summed E-state index contributed by atoms with van der Waals surface area (Å²) in [5.41, 5.74) is 0. The molecule has 0 aromatic heterocycles. The van der Waals surface area contributed by atoms with E-state index in [1.807, 2.05) is 0 Å². The van der Waals surface area contributed by atoms with Crippen molar-refractivity contribution in [3.05, 3.63) is 0 Å². The zero-order chi connectivity index (χ0) is 10.8. The average molecular weight is 345 g/mol. The molecule has 0 nitrogen and oxygen atoms in total. The number of unbranched alkanes of at least 4 members (excludes halogenated alkanes) is 6. The van der Waals surface area contributed by atoms with Crippen molar-refractivity contribution in [1.82, 2.24) is 0 Å². The third-order valence-corrected chi connectivity index (χ3v) is 10.6. The van der Waals surface area contributed by atoms with Gasteiger partial charge in [-0.2, -0.15) is 0 Å². The van der Waals surface area contributed by atoms with E-state index in [4.69, 9.17) is 17.8 Å². The Hall–Kier alpha value is 1.38. The van der Waals surface area contributed by atoms with E-state index in [2.05, 4.69) is 13.8 Å². The molecule has 0 aliphatic carbocycles. The molecule has 0 heterocycles. The Morgan fingerprint density at radius 3 is 1.93 bits per heavy atom. The molecule has 0 aromatic carbocycles. The first-order valence-electron chi connectivity index (χ1n) is 5.86. The zero-order valence-corrected chi connectivity index (χ0v) is 13.9. The number of hydrogen-bond donors (Lipinski definition) is 0. The van der Waals surface area contributed by atoms with Gasteiger partial charge < -0.3 is 0 Å². The van der Waals surface area contributed by atoms with E-state index >= 15 is 0 Å². The van der Waals surface area contributed by atoms with Crippen LogP contribution in [0.1, 0.15) is 65.2 Å². The van der Waals surface area contributed by atoms with Gasteiger partial charge in [-0.3, -0.25) is 0 Å². The number of rotatable bonds is 9. The molecule has 0 fully saturated rings. The van der Waals surface area contributed by atoms with Crippen LogP contribution in [0.3, 0.4) is 0 Å². The molecule has 14 heavy (non-hydrogen) atoms. The van der Waals surface area contributed by atoms with Gasteiger partial charge in [-0.05, 0) is 0 Å². The molecule has 0 saturated carbocycles. The maximum atomic E-state index is 5.97. The topological polar surface area (TPSA) is 0 Å². The molecule has 0 spiro atoms. The molecule has 3 heteroatoms. The van der Waals surface area contributed by atoms with E-state index in [-0.39, 0.29) is 0 Å². The SMILES string of the molecule is CCCCCCCCC[CH](C)[Sn]([Cl])[Cl]. The van der Waals surface area contributed by atoms with Crippen LogP contribution in [-0.2, 0) is 0 Å². The van der Waals surface area contributed by atoms with E-state index in [1.54, 1.807) is 0 Å². The molecule has 1 unspecified atom stereocenters. The van der Waals surface area contributed by atoms with Crippen molar-refractivity contribution in [2.45, 2.75) is 69.1 Å². The first-order chi connectivity index (χ1) is 6.68. The van der Waals surface area contributed by atoms with E-state index in [0.717, 1.165) is 0 Å². The van der Waals surface area contributed by atoms with Gasteiger partial charge in [0.1, 0.15) is 0 Å². The Morgan fingerprint density at radius 2 is 1.43 bits per heavy atom. The van der Waals surface area contributed by atoms with E-state index in [1.165, 1.54) is 51.4 Å². The standard InChI is InChI=1S/C11H23.2ClH.Sn/c1-3-5-7-9-11-10-8-6-4-2;;;/h3H,4-11H2,1-2H3;2*1H;/q;;;+2/p-2. The quantitative estimate of drug-likeness (QED) is 0.383. The van der Waals surface area contributed by atoms with Gasteiger partial charge in [0.05, 0.1) is 0 Å². The minimum atomic E-state index is -1.89. The molecule has 0 rings (SSSR count). The summed E-state index contributed by atoms with van der Waals surface area (Å²) in [4.78, 5) is 0. The molecule has 85 valence electrons. The molecule has 1 radical (unpaired) electrons. The summed E-state index contributed by atoms with van der Waals surface area (Å²) in [6, 6.07) is 0. The fourth-order valence-electron chi connectivity index (χ4n) is 1.52. The predicted octanol–water partition coefficient (Wildman–Crippen LogP) is 5.48. The summed E-state index contributed by atoms with van der Waals surface area (Å²) in [5, 5.41) is 0. The summed E-state index contributed by atoms with van der Waals surface area (Å²) in [5.74, 6) is 0. The molecule has 0 bridgehead atoms. The van der Waals surface area contributed by atoms with Crippen molar-refractivity contribution in [1.29, 1.82) is 0 Å². The van der Waals surface area contributed by atoms with E-state index < -0.39 is 17.5 Å². The van der Waals surface area contributed by atoms with Crippen LogP contribution in [-0.4, -0.2) is 17.5 Å². The van der Waals surface area contributed by atoms with Gasteiger partial charge in [0, 0.05) is 0 Å². The summed E-state index contributed by atoms with van der Waals surface area (Å²) >= 11 is -1.89. The minimum absolute atomic E-state index is 0.649. The third kappa shape index (κ3) is 9.92. The summed E-state index contributed by atoms with van der Waals surface area (Å²) < 4.78 is 0.649. The Kier molecular flexibility index (Phi) is 12.0. The Balaban J connectivity index is 3.06. The Bertz CT molecular complexity index is 118. The second kappa shape index (κ2) is 10.9.